The van der Waals surface area contributed by atoms with Gasteiger partial charge < -0.3 is 33.3 Å². The number of esters is 2. The van der Waals surface area contributed by atoms with E-state index in [1.165, 1.54) is 14.2 Å². The van der Waals surface area contributed by atoms with Crippen LogP contribution in [0.25, 0.3) is 0 Å². The van der Waals surface area contributed by atoms with Crippen LogP contribution in [0.15, 0.2) is 59.9 Å². The van der Waals surface area contributed by atoms with E-state index in [1.807, 2.05) is 18.2 Å². The number of carbonyl (C=O) groups is 2. The van der Waals surface area contributed by atoms with Crippen LogP contribution in [0.3, 0.4) is 0 Å². The molecule has 0 fully saturated rings. The van der Waals surface area contributed by atoms with Gasteiger partial charge in [-0.3, -0.25) is 0 Å². The average Bonchev–Trinajstić information content (AvgIpc) is 3.51. The average molecular weight is 451 g/mol. The maximum absolute atomic E-state index is 12.8. The van der Waals surface area contributed by atoms with Crippen molar-refractivity contribution in [2.45, 2.75) is 12.5 Å². The lowest BCUT2D eigenvalue weighted by atomic mass is 9.83. The van der Waals surface area contributed by atoms with Gasteiger partial charge in [0.25, 0.3) is 0 Å². The Kier molecular flexibility index (Phi) is 5.29. The Bertz CT molecular complexity index is 1150. The minimum atomic E-state index is -0.701. The third-order valence-electron chi connectivity index (χ3n) is 5.61. The van der Waals surface area contributed by atoms with Crippen molar-refractivity contribution < 1.29 is 38.0 Å². The zero-order valence-corrected chi connectivity index (χ0v) is 18.0. The molecule has 2 aromatic carbocycles. The van der Waals surface area contributed by atoms with Crippen LogP contribution in [0.5, 0.6) is 23.0 Å². The normalized spacial score (nSPS) is 16.2. The Morgan fingerprint density at radius 2 is 1.36 bits per heavy atom. The number of fused-ring (bicyclic) bond motifs is 2. The van der Waals surface area contributed by atoms with E-state index in [4.69, 9.17) is 28.4 Å². The van der Waals surface area contributed by atoms with E-state index >= 15 is 0 Å². The number of hydrogen-bond acceptors (Lipinski definition) is 9. The fraction of sp³-hybridized carbons (Fsp3) is 0.250. The first-order chi connectivity index (χ1) is 16.1. The topological polar surface area (TPSA) is 92.8 Å². The van der Waals surface area contributed by atoms with Crippen LogP contribution >= 0.6 is 0 Å². The molecular formula is C24H21NO8. The molecule has 0 atom stereocenters. The van der Waals surface area contributed by atoms with Crippen molar-refractivity contribution in [1.82, 2.24) is 4.90 Å². The molecule has 0 radical (unpaired) electrons. The summed E-state index contributed by atoms with van der Waals surface area (Å²) in [4.78, 5) is 27.4. The van der Waals surface area contributed by atoms with Crippen molar-refractivity contribution >= 4 is 11.9 Å². The summed E-state index contributed by atoms with van der Waals surface area (Å²) in [5.41, 5.74) is 2.16. The lowest BCUT2D eigenvalue weighted by Crippen LogP contribution is -2.28. The zero-order chi connectivity index (χ0) is 22.9. The number of hydrogen-bond donors (Lipinski definition) is 0. The third-order valence-corrected chi connectivity index (χ3v) is 5.61. The van der Waals surface area contributed by atoms with Crippen LogP contribution < -0.4 is 18.9 Å². The SMILES string of the molecule is COC(=O)C1=CN(Cc2ccc3c(c2)OCO3)C=C(C(=O)OC)C1c1ccc2c(c1)OCO2. The summed E-state index contributed by atoms with van der Waals surface area (Å²) in [5.74, 6) is 0.668. The minimum absolute atomic E-state index is 0.117. The highest BCUT2D eigenvalue weighted by atomic mass is 16.7. The molecule has 3 aliphatic rings. The van der Waals surface area contributed by atoms with Crippen molar-refractivity contribution in [3.05, 3.63) is 71.1 Å². The van der Waals surface area contributed by atoms with Gasteiger partial charge in [-0.05, 0) is 35.4 Å². The Labute approximate surface area is 189 Å². The first-order valence-corrected chi connectivity index (χ1v) is 10.2. The van der Waals surface area contributed by atoms with E-state index < -0.39 is 17.9 Å². The van der Waals surface area contributed by atoms with Crippen LogP contribution in [0.2, 0.25) is 0 Å². The van der Waals surface area contributed by atoms with Crippen LogP contribution in [0.4, 0.5) is 0 Å². The fourth-order valence-electron chi connectivity index (χ4n) is 4.08. The van der Waals surface area contributed by atoms with Crippen molar-refractivity contribution in [2.24, 2.45) is 0 Å². The minimum Gasteiger partial charge on any atom is -0.466 e. The van der Waals surface area contributed by atoms with Gasteiger partial charge in [0.05, 0.1) is 31.3 Å². The Morgan fingerprint density at radius 1 is 0.818 bits per heavy atom. The van der Waals surface area contributed by atoms with Gasteiger partial charge in [0, 0.05) is 18.9 Å². The summed E-state index contributed by atoms with van der Waals surface area (Å²) >= 11 is 0. The van der Waals surface area contributed by atoms with E-state index in [0.717, 1.165) is 5.56 Å². The highest BCUT2D eigenvalue weighted by molar-refractivity contribution is 5.98. The Balaban J connectivity index is 1.54. The fourth-order valence-corrected chi connectivity index (χ4v) is 4.08. The lowest BCUT2D eigenvalue weighted by molar-refractivity contribution is -0.137. The van der Waals surface area contributed by atoms with Gasteiger partial charge in [-0.1, -0.05) is 12.1 Å². The van der Waals surface area contributed by atoms with Crippen LogP contribution in [-0.4, -0.2) is 44.6 Å². The highest BCUT2D eigenvalue weighted by Crippen LogP contribution is 2.42. The smallest absolute Gasteiger partial charge is 0.336 e. The van der Waals surface area contributed by atoms with Crippen molar-refractivity contribution in [2.75, 3.05) is 27.8 Å². The third kappa shape index (κ3) is 3.82. The molecule has 0 aromatic heterocycles. The molecule has 0 saturated heterocycles. The first-order valence-electron chi connectivity index (χ1n) is 10.2. The second-order valence-electron chi connectivity index (χ2n) is 7.56. The number of rotatable bonds is 5. The summed E-state index contributed by atoms with van der Waals surface area (Å²) in [6, 6.07) is 10.9. The van der Waals surface area contributed by atoms with Gasteiger partial charge in [-0.25, -0.2) is 9.59 Å². The molecule has 2 aromatic rings. The van der Waals surface area contributed by atoms with Gasteiger partial charge in [0.15, 0.2) is 23.0 Å². The van der Waals surface area contributed by atoms with Gasteiger partial charge in [0.1, 0.15) is 0 Å². The monoisotopic (exact) mass is 451 g/mol. The standard InChI is InChI=1S/C24H21NO8/c1-28-23(26)16-10-25(9-14-3-5-18-20(7-14)32-12-30-18)11-17(24(27)29-2)22(16)15-4-6-19-21(8-15)33-13-31-19/h3-8,10-11,22H,9,12-13H2,1-2H3. The summed E-state index contributed by atoms with van der Waals surface area (Å²) in [6.07, 6.45) is 3.36. The molecule has 170 valence electrons. The maximum Gasteiger partial charge on any atom is 0.336 e. The van der Waals surface area contributed by atoms with Gasteiger partial charge in [-0.2, -0.15) is 0 Å². The molecule has 5 rings (SSSR count). The molecule has 9 nitrogen and oxygen atoms in total. The second kappa shape index (κ2) is 8.42. The van der Waals surface area contributed by atoms with E-state index in [-0.39, 0.29) is 13.6 Å². The van der Waals surface area contributed by atoms with E-state index in [1.54, 1.807) is 35.5 Å². The summed E-state index contributed by atoms with van der Waals surface area (Å²) < 4.78 is 31.8. The molecule has 3 aliphatic heterocycles. The number of nitrogens with zero attached hydrogens (tertiary/aromatic N) is 1. The second-order valence-corrected chi connectivity index (χ2v) is 7.56. The molecular weight excluding hydrogens is 430 g/mol. The molecule has 33 heavy (non-hydrogen) atoms. The first kappa shape index (κ1) is 20.7. The molecule has 9 heteroatoms. The van der Waals surface area contributed by atoms with Gasteiger partial charge in [-0.15, -0.1) is 0 Å². The van der Waals surface area contributed by atoms with Crippen molar-refractivity contribution in [1.29, 1.82) is 0 Å². The summed E-state index contributed by atoms with van der Waals surface area (Å²) in [7, 11) is 2.61. The number of carbonyl (C=O) groups excluding carboxylic acids is 2. The predicted molar refractivity (Wildman–Crippen MR) is 114 cm³/mol. The molecule has 0 amide bonds. The van der Waals surface area contributed by atoms with E-state index in [0.29, 0.717) is 46.3 Å². The Hall–Kier alpha value is -4.14. The molecule has 0 unspecified atom stereocenters. The molecule has 0 spiro atoms. The predicted octanol–water partition coefficient (Wildman–Crippen LogP) is 2.86. The van der Waals surface area contributed by atoms with Crippen LogP contribution in [0, 0.1) is 0 Å². The lowest BCUT2D eigenvalue weighted by Gasteiger charge is -2.30. The number of ether oxygens (including phenoxy) is 6. The van der Waals surface area contributed by atoms with Crippen molar-refractivity contribution in [3.63, 3.8) is 0 Å². The van der Waals surface area contributed by atoms with E-state index in [2.05, 4.69) is 0 Å². The molecule has 0 N–H and O–H groups in total. The largest absolute Gasteiger partial charge is 0.466 e. The van der Waals surface area contributed by atoms with Gasteiger partial charge >= 0.3 is 11.9 Å². The number of methoxy groups -OCH3 is 2. The highest BCUT2D eigenvalue weighted by Gasteiger charge is 2.36. The quantitative estimate of drug-likeness (QED) is 0.636. The van der Waals surface area contributed by atoms with Crippen molar-refractivity contribution in [3.8, 4) is 23.0 Å². The van der Waals surface area contributed by atoms with Crippen LogP contribution in [-0.2, 0) is 25.6 Å². The van der Waals surface area contributed by atoms with Gasteiger partial charge in [0.2, 0.25) is 13.6 Å². The number of benzene rings is 2. The molecule has 0 aliphatic carbocycles. The molecule has 3 heterocycles. The zero-order valence-electron chi connectivity index (χ0n) is 18.0. The molecule has 0 bridgehead atoms. The summed E-state index contributed by atoms with van der Waals surface area (Å²) in [6.45, 7) is 0.677. The van der Waals surface area contributed by atoms with E-state index in [9.17, 15) is 9.59 Å². The summed E-state index contributed by atoms with van der Waals surface area (Å²) in [5, 5.41) is 0. The maximum atomic E-state index is 12.8. The molecule has 0 saturated carbocycles. The van der Waals surface area contributed by atoms with Crippen LogP contribution in [0.1, 0.15) is 17.0 Å². The Morgan fingerprint density at radius 3 is 1.97 bits per heavy atom.